The first-order valence-corrected chi connectivity index (χ1v) is 7.29. The van der Waals surface area contributed by atoms with E-state index >= 15 is 0 Å². The molecule has 106 valence electrons. The molecule has 1 aromatic rings. The average molecular weight is 283 g/mol. The fourth-order valence-corrected chi connectivity index (χ4v) is 1.91. The summed E-state index contributed by atoms with van der Waals surface area (Å²) in [5, 5.41) is 8.74. The molecule has 0 spiro atoms. The molecule has 1 aromatic carbocycles. The van der Waals surface area contributed by atoms with Crippen molar-refractivity contribution in [3.63, 3.8) is 0 Å². The third-order valence-electron chi connectivity index (χ3n) is 2.81. The number of nitrogens with two attached hydrogens (primary N) is 1. The normalized spacial score (nSPS) is 12.3. The number of benzene rings is 1. The van der Waals surface area contributed by atoms with Crippen molar-refractivity contribution >= 4 is 15.2 Å². The van der Waals surface area contributed by atoms with Crippen LogP contribution < -0.4 is 5.73 Å². The third-order valence-corrected chi connectivity index (χ3v) is 3.05. The first-order chi connectivity index (χ1) is 9.13. The molecule has 0 amide bonds. The Bertz CT molecular complexity index is 381. The summed E-state index contributed by atoms with van der Waals surface area (Å²) < 4.78 is 5.40. The lowest BCUT2D eigenvalue weighted by molar-refractivity contribution is -0.138. The van der Waals surface area contributed by atoms with E-state index in [2.05, 4.69) is 9.24 Å². The van der Waals surface area contributed by atoms with E-state index in [9.17, 15) is 4.79 Å². The molecule has 0 aliphatic heterocycles. The molecule has 1 rings (SSSR count). The van der Waals surface area contributed by atoms with Gasteiger partial charge in [0.25, 0.3) is 0 Å². The molecule has 0 saturated heterocycles. The second kappa shape index (κ2) is 9.03. The van der Waals surface area contributed by atoms with Gasteiger partial charge in [-0.05, 0) is 36.6 Å². The van der Waals surface area contributed by atoms with Gasteiger partial charge in [-0.25, -0.2) is 0 Å². The molecule has 4 nitrogen and oxygen atoms in total. The topological polar surface area (TPSA) is 72.5 Å². The molecule has 0 aromatic heterocycles. The highest BCUT2D eigenvalue weighted by atomic mass is 31.0. The van der Waals surface area contributed by atoms with Crippen molar-refractivity contribution in [1.82, 2.24) is 0 Å². The second-order valence-electron chi connectivity index (χ2n) is 4.47. The van der Waals surface area contributed by atoms with Crippen LogP contribution >= 0.6 is 9.24 Å². The number of ether oxygens (including phenoxy) is 1. The number of hydrogen-bond acceptors (Lipinski definition) is 3. The summed E-state index contributed by atoms with van der Waals surface area (Å²) in [5.74, 6) is -0.963. The van der Waals surface area contributed by atoms with Gasteiger partial charge in [0.05, 0.1) is 6.61 Å². The van der Waals surface area contributed by atoms with Crippen molar-refractivity contribution < 1.29 is 14.6 Å². The van der Waals surface area contributed by atoms with E-state index in [0.717, 1.165) is 37.8 Å². The molecule has 0 aliphatic carbocycles. The van der Waals surface area contributed by atoms with Crippen molar-refractivity contribution in [2.75, 3.05) is 19.4 Å². The highest BCUT2D eigenvalue weighted by Gasteiger charge is 2.11. The minimum Gasteiger partial charge on any atom is -0.480 e. The van der Waals surface area contributed by atoms with Crippen LogP contribution in [0.25, 0.3) is 0 Å². The van der Waals surface area contributed by atoms with Gasteiger partial charge < -0.3 is 15.6 Å². The number of carboxylic acids is 1. The van der Waals surface area contributed by atoms with Crippen molar-refractivity contribution in [3.05, 3.63) is 35.4 Å². The zero-order valence-corrected chi connectivity index (χ0v) is 12.2. The number of aryl methyl sites for hydroxylation is 1. The summed E-state index contributed by atoms with van der Waals surface area (Å²) in [6, 6.07) is 7.12. The average Bonchev–Trinajstić information content (AvgIpc) is 2.40. The minimum atomic E-state index is -0.963. The maximum Gasteiger partial charge on any atom is 0.320 e. The van der Waals surface area contributed by atoms with E-state index in [1.54, 1.807) is 0 Å². The van der Waals surface area contributed by atoms with Crippen molar-refractivity contribution in [2.45, 2.75) is 25.3 Å². The quantitative estimate of drug-likeness (QED) is 0.531. The standard InChI is InChI=1S/C14H22NO3P/c15-13(14(16)17)10-12-5-3-11(4-6-12)2-1-7-18-8-9-19/h3-6,13H,1-2,7-10,15,19H2,(H,16,17). The van der Waals surface area contributed by atoms with E-state index in [0.29, 0.717) is 6.42 Å². The van der Waals surface area contributed by atoms with E-state index in [-0.39, 0.29) is 0 Å². The molecular weight excluding hydrogens is 261 g/mol. The highest BCUT2D eigenvalue weighted by Crippen LogP contribution is 2.08. The van der Waals surface area contributed by atoms with Gasteiger partial charge in [-0.15, -0.1) is 9.24 Å². The van der Waals surface area contributed by atoms with E-state index < -0.39 is 12.0 Å². The number of aliphatic carboxylic acids is 1. The largest absolute Gasteiger partial charge is 0.480 e. The Morgan fingerprint density at radius 3 is 2.47 bits per heavy atom. The van der Waals surface area contributed by atoms with Crippen LogP contribution in [-0.4, -0.2) is 36.5 Å². The van der Waals surface area contributed by atoms with Crippen LogP contribution in [0.15, 0.2) is 24.3 Å². The predicted octanol–water partition coefficient (Wildman–Crippen LogP) is 1.47. The van der Waals surface area contributed by atoms with Crippen LogP contribution in [0.3, 0.4) is 0 Å². The Balaban J connectivity index is 2.33. The molecule has 2 atom stereocenters. The SMILES string of the molecule is NC(Cc1ccc(CCCOCCP)cc1)C(=O)O. The van der Waals surface area contributed by atoms with Crippen molar-refractivity contribution in [2.24, 2.45) is 5.73 Å². The molecule has 0 radical (unpaired) electrons. The van der Waals surface area contributed by atoms with Gasteiger partial charge >= 0.3 is 5.97 Å². The van der Waals surface area contributed by atoms with Gasteiger partial charge in [-0.1, -0.05) is 24.3 Å². The van der Waals surface area contributed by atoms with Crippen LogP contribution in [0, 0.1) is 0 Å². The zero-order chi connectivity index (χ0) is 14.1. The summed E-state index contributed by atoms with van der Waals surface area (Å²) in [5.41, 5.74) is 7.69. The molecular formula is C14H22NO3P. The summed E-state index contributed by atoms with van der Waals surface area (Å²) >= 11 is 0. The van der Waals surface area contributed by atoms with Crippen LogP contribution in [0.2, 0.25) is 0 Å². The monoisotopic (exact) mass is 283 g/mol. The Morgan fingerprint density at radius 1 is 1.26 bits per heavy atom. The summed E-state index contributed by atoms with van der Waals surface area (Å²) in [6.45, 7) is 1.57. The zero-order valence-electron chi connectivity index (χ0n) is 11.0. The first-order valence-electron chi connectivity index (χ1n) is 6.47. The highest BCUT2D eigenvalue weighted by molar-refractivity contribution is 7.16. The molecule has 0 heterocycles. The summed E-state index contributed by atoms with van der Waals surface area (Å²) in [7, 11) is 2.64. The number of carboxylic acid groups (broad SMARTS) is 1. The Kier molecular flexibility index (Phi) is 7.65. The van der Waals surface area contributed by atoms with Crippen LogP contribution in [0.5, 0.6) is 0 Å². The first kappa shape index (κ1) is 16.1. The van der Waals surface area contributed by atoms with E-state index in [1.807, 2.05) is 24.3 Å². The van der Waals surface area contributed by atoms with Gasteiger partial charge in [0, 0.05) is 6.61 Å². The van der Waals surface area contributed by atoms with Crippen LogP contribution in [0.1, 0.15) is 17.5 Å². The molecule has 0 bridgehead atoms. The van der Waals surface area contributed by atoms with Gasteiger partial charge in [-0.2, -0.15) is 0 Å². The summed E-state index contributed by atoms with van der Waals surface area (Å²) in [4.78, 5) is 10.7. The maximum atomic E-state index is 10.7. The Labute approximate surface area is 116 Å². The number of carbonyl (C=O) groups is 1. The van der Waals surface area contributed by atoms with Crippen LogP contribution in [-0.2, 0) is 22.4 Å². The van der Waals surface area contributed by atoms with Gasteiger partial charge in [-0.3, -0.25) is 4.79 Å². The van der Waals surface area contributed by atoms with Gasteiger partial charge in [0.2, 0.25) is 0 Å². The number of rotatable bonds is 9. The molecule has 3 N–H and O–H groups in total. The van der Waals surface area contributed by atoms with Crippen LogP contribution in [0.4, 0.5) is 0 Å². The smallest absolute Gasteiger partial charge is 0.320 e. The fraction of sp³-hybridized carbons (Fsp3) is 0.500. The van der Waals surface area contributed by atoms with Gasteiger partial charge in [0.15, 0.2) is 0 Å². The van der Waals surface area contributed by atoms with E-state index in [4.69, 9.17) is 15.6 Å². The Hall–Kier alpha value is -0.960. The van der Waals surface area contributed by atoms with Crippen molar-refractivity contribution in [3.8, 4) is 0 Å². The summed E-state index contributed by atoms with van der Waals surface area (Å²) in [6.07, 6.45) is 3.31. The molecule has 0 saturated carbocycles. The lowest BCUT2D eigenvalue weighted by Gasteiger charge is -2.07. The van der Waals surface area contributed by atoms with E-state index in [1.165, 1.54) is 5.56 Å². The lowest BCUT2D eigenvalue weighted by atomic mass is 10.0. The maximum absolute atomic E-state index is 10.7. The second-order valence-corrected chi connectivity index (χ2v) is 5.05. The third kappa shape index (κ3) is 6.67. The predicted molar refractivity (Wildman–Crippen MR) is 79.5 cm³/mol. The van der Waals surface area contributed by atoms with Crippen molar-refractivity contribution in [1.29, 1.82) is 0 Å². The molecule has 2 unspecified atom stereocenters. The molecule has 0 aliphatic rings. The fourth-order valence-electron chi connectivity index (χ4n) is 1.75. The number of hydrogen-bond donors (Lipinski definition) is 2. The lowest BCUT2D eigenvalue weighted by Crippen LogP contribution is -2.32. The molecule has 5 heteroatoms. The molecule has 19 heavy (non-hydrogen) atoms. The van der Waals surface area contributed by atoms with Gasteiger partial charge in [0.1, 0.15) is 6.04 Å². The Morgan fingerprint density at radius 2 is 1.89 bits per heavy atom. The molecule has 0 fully saturated rings. The minimum absolute atomic E-state index is 0.368.